The average molecular weight is 383 g/mol. The zero-order chi connectivity index (χ0) is 19.7. The zero-order valence-corrected chi connectivity index (χ0v) is 18.8. The van der Waals surface area contributed by atoms with Crippen LogP contribution < -0.4 is 0 Å². The quantitative estimate of drug-likeness (QED) is 0.0924. The molecule has 0 aromatic rings. The van der Waals surface area contributed by atoms with Crippen LogP contribution >= 0.6 is 0 Å². The van der Waals surface area contributed by atoms with Crippen molar-refractivity contribution < 1.29 is 14.3 Å². The third-order valence-electron chi connectivity index (χ3n) is 4.43. The van der Waals surface area contributed by atoms with Crippen LogP contribution in [0.4, 0.5) is 0 Å². The second kappa shape index (κ2) is 16.3. The molecule has 0 aliphatic rings. The van der Waals surface area contributed by atoms with E-state index >= 15 is 0 Å². The van der Waals surface area contributed by atoms with Crippen molar-refractivity contribution in [1.29, 1.82) is 0 Å². The summed E-state index contributed by atoms with van der Waals surface area (Å²) in [7, 11) is -1.30. The Bertz CT molecular complexity index is 397. The van der Waals surface area contributed by atoms with Gasteiger partial charge in [-0.3, -0.25) is 0 Å². The summed E-state index contributed by atoms with van der Waals surface area (Å²) < 4.78 is 5.21. The fraction of sp³-hybridized carbons (Fsp3) is 0.818. The monoisotopic (exact) mass is 382 g/mol. The van der Waals surface area contributed by atoms with Crippen molar-refractivity contribution >= 4 is 20.3 Å². The normalized spacial score (nSPS) is 12.2. The van der Waals surface area contributed by atoms with Gasteiger partial charge in [-0.15, -0.1) is 0 Å². The molecular weight excluding hydrogens is 340 g/mol. The molecule has 0 amide bonds. The predicted molar refractivity (Wildman–Crippen MR) is 114 cm³/mol. The minimum absolute atomic E-state index is 0.108. The maximum Gasteiger partial charge on any atom is 0.333 e. The van der Waals surface area contributed by atoms with Crippen molar-refractivity contribution in [3.63, 3.8) is 0 Å². The van der Waals surface area contributed by atoms with E-state index in [4.69, 9.17) is 4.74 Å². The number of hydrogen-bond donors (Lipinski definition) is 0. The standard InChI is InChI=1S/C22H42O3Si/c1-5-25-22(24)21(20-26(2,3)4)18-16-14-12-10-8-6-7-9-11-13-15-17-19-23/h18-19H,5-17,20H2,1-4H3/b21-18+. The van der Waals surface area contributed by atoms with Crippen LogP contribution in [0.3, 0.4) is 0 Å². The molecule has 0 bridgehead atoms. The highest BCUT2D eigenvalue weighted by molar-refractivity contribution is 6.77. The van der Waals surface area contributed by atoms with Crippen molar-refractivity contribution in [3.05, 3.63) is 11.6 Å². The van der Waals surface area contributed by atoms with E-state index in [1.165, 1.54) is 57.8 Å². The van der Waals surface area contributed by atoms with E-state index in [0.717, 1.165) is 37.2 Å². The Kier molecular flexibility index (Phi) is 15.7. The molecule has 0 unspecified atom stereocenters. The molecule has 0 aliphatic heterocycles. The number of carbonyl (C=O) groups excluding carboxylic acids is 2. The van der Waals surface area contributed by atoms with Crippen molar-refractivity contribution in [2.45, 2.75) is 110 Å². The summed E-state index contributed by atoms with van der Waals surface area (Å²) in [6.45, 7) is 9.21. The number of carbonyl (C=O) groups is 2. The van der Waals surface area contributed by atoms with Crippen LogP contribution in [0, 0.1) is 0 Å². The number of allylic oxidation sites excluding steroid dienone is 1. The van der Waals surface area contributed by atoms with Crippen LogP contribution in [0.5, 0.6) is 0 Å². The summed E-state index contributed by atoms with van der Waals surface area (Å²) in [5.74, 6) is -0.108. The van der Waals surface area contributed by atoms with E-state index in [0.29, 0.717) is 6.61 Å². The molecule has 152 valence electrons. The molecule has 0 spiro atoms. The molecule has 4 heteroatoms. The number of ether oxygens (including phenoxy) is 1. The van der Waals surface area contributed by atoms with Crippen molar-refractivity contribution in [2.24, 2.45) is 0 Å². The topological polar surface area (TPSA) is 43.4 Å². The summed E-state index contributed by atoms with van der Waals surface area (Å²) in [5.41, 5.74) is 0.903. The van der Waals surface area contributed by atoms with Gasteiger partial charge in [0.25, 0.3) is 0 Å². The number of rotatable bonds is 17. The lowest BCUT2D eigenvalue weighted by Crippen LogP contribution is -2.23. The minimum atomic E-state index is -1.30. The van der Waals surface area contributed by atoms with Gasteiger partial charge < -0.3 is 9.53 Å². The molecule has 0 aromatic carbocycles. The van der Waals surface area contributed by atoms with Gasteiger partial charge in [0.2, 0.25) is 0 Å². The van der Waals surface area contributed by atoms with Gasteiger partial charge >= 0.3 is 5.97 Å². The smallest absolute Gasteiger partial charge is 0.333 e. The van der Waals surface area contributed by atoms with Crippen molar-refractivity contribution in [2.75, 3.05) is 6.61 Å². The molecule has 0 saturated heterocycles. The Morgan fingerprint density at radius 3 is 1.69 bits per heavy atom. The molecule has 0 heterocycles. The van der Waals surface area contributed by atoms with Crippen LogP contribution in [0.15, 0.2) is 11.6 Å². The largest absolute Gasteiger partial charge is 0.463 e. The minimum Gasteiger partial charge on any atom is -0.463 e. The van der Waals surface area contributed by atoms with E-state index in [1.807, 2.05) is 6.92 Å². The summed E-state index contributed by atoms with van der Waals surface area (Å²) in [4.78, 5) is 22.3. The maximum absolute atomic E-state index is 12.1. The molecule has 0 N–H and O–H groups in total. The molecule has 0 atom stereocenters. The van der Waals surface area contributed by atoms with Gasteiger partial charge in [-0.05, 0) is 32.2 Å². The Balaban J connectivity index is 3.77. The highest BCUT2D eigenvalue weighted by atomic mass is 28.3. The fourth-order valence-corrected chi connectivity index (χ4v) is 4.52. The number of aldehydes is 1. The Morgan fingerprint density at radius 2 is 1.27 bits per heavy atom. The molecule has 0 radical (unpaired) electrons. The molecule has 0 saturated carbocycles. The third-order valence-corrected chi connectivity index (χ3v) is 5.87. The molecule has 0 rings (SSSR count). The molecule has 0 aliphatic carbocycles. The second-order valence-corrected chi connectivity index (χ2v) is 13.9. The number of hydrogen-bond acceptors (Lipinski definition) is 3. The summed E-state index contributed by atoms with van der Waals surface area (Å²) in [6.07, 6.45) is 17.4. The van der Waals surface area contributed by atoms with Crippen LogP contribution in [0.25, 0.3) is 0 Å². The van der Waals surface area contributed by atoms with E-state index < -0.39 is 8.07 Å². The van der Waals surface area contributed by atoms with Gasteiger partial charge in [0.1, 0.15) is 6.29 Å². The zero-order valence-electron chi connectivity index (χ0n) is 17.8. The Labute approximate surface area is 163 Å². The lowest BCUT2D eigenvalue weighted by molar-refractivity contribution is -0.138. The van der Waals surface area contributed by atoms with Crippen molar-refractivity contribution in [1.82, 2.24) is 0 Å². The van der Waals surface area contributed by atoms with Gasteiger partial charge in [0.15, 0.2) is 0 Å². The predicted octanol–water partition coefficient (Wildman–Crippen LogP) is 6.69. The highest BCUT2D eigenvalue weighted by Crippen LogP contribution is 2.19. The molecule has 0 fully saturated rings. The number of unbranched alkanes of at least 4 members (excludes halogenated alkanes) is 11. The number of esters is 1. The third kappa shape index (κ3) is 16.6. The first-order chi connectivity index (χ1) is 12.4. The van der Waals surface area contributed by atoms with Crippen LogP contribution in [0.2, 0.25) is 25.7 Å². The first kappa shape index (κ1) is 25.1. The van der Waals surface area contributed by atoms with Gasteiger partial charge in [-0.2, -0.15) is 0 Å². The summed E-state index contributed by atoms with van der Waals surface area (Å²) >= 11 is 0. The Hall–Kier alpha value is -0.903. The van der Waals surface area contributed by atoms with Crippen LogP contribution in [0.1, 0.15) is 84.0 Å². The SMILES string of the molecule is CCOC(=O)/C(=C/CCCCCCCCCCCCC=O)C[Si](C)(C)C. The first-order valence-corrected chi connectivity index (χ1v) is 14.4. The van der Waals surface area contributed by atoms with E-state index in [2.05, 4.69) is 25.7 Å². The lowest BCUT2D eigenvalue weighted by Gasteiger charge is -2.17. The van der Waals surface area contributed by atoms with Gasteiger partial charge in [0, 0.05) is 20.1 Å². The average Bonchev–Trinajstić information content (AvgIpc) is 2.57. The van der Waals surface area contributed by atoms with Crippen LogP contribution in [-0.4, -0.2) is 26.9 Å². The van der Waals surface area contributed by atoms with Crippen LogP contribution in [-0.2, 0) is 14.3 Å². The fourth-order valence-electron chi connectivity index (χ4n) is 3.09. The van der Waals surface area contributed by atoms with E-state index in [-0.39, 0.29) is 5.97 Å². The van der Waals surface area contributed by atoms with E-state index in [1.54, 1.807) is 0 Å². The second-order valence-electron chi connectivity index (χ2n) is 8.47. The highest BCUT2D eigenvalue weighted by Gasteiger charge is 2.20. The molecular formula is C22H42O3Si. The van der Waals surface area contributed by atoms with Gasteiger partial charge in [-0.1, -0.05) is 77.1 Å². The molecule has 26 heavy (non-hydrogen) atoms. The Morgan fingerprint density at radius 1 is 0.808 bits per heavy atom. The summed E-state index contributed by atoms with van der Waals surface area (Å²) in [5, 5.41) is 0. The van der Waals surface area contributed by atoms with Gasteiger partial charge in [0.05, 0.1) is 6.61 Å². The maximum atomic E-state index is 12.1. The molecule has 0 aromatic heterocycles. The summed E-state index contributed by atoms with van der Waals surface area (Å²) in [6, 6.07) is 0.915. The lowest BCUT2D eigenvalue weighted by atomic mass is 10.0. The molecule has 3 nitrogen and oxygen atoms in total. The van der Waals surface area contributed by atoms with E-state index in [9.17, 15) is 9.59 Å². The van der Waals surface area contributed by atoms with Gasteiger partial charge in [-0.25, -0.2) is 4.79 Å². The first-order valence-electron chi connectivity index (χ1n) is 10.7. The van der Waals surface area contributed by atoms with Crippen molar-refractivity contribution in [3.8, 4) is 0 Å².